The maximum absolute atomic E-state index is 11.4. The molecule has 136 valence electrons. The predicted octanol–water partition coefficient (Wildman–Crippen LogP) is 1.10. The Morgan fingerprint density at radius 1 is 1.42 bits per heavy atom. The molecule has 2 rings (SSSR count). The molecule has 0 radical (unpaired) electrons. The number of rotatable bonds is 6. The average molecular weight is 340 g/mol. The highest BCUT2D eigenvalue weighted by Gasteiger charge is 2.55. The van der Waals surface area contributed by atoms with Gasteiger partial charge in [-0.3, -0.25) is 4.79 Å². The first-order valence-corrected chi connectivity index (χ1v) is 8.23. The lowest BCUT2D eigenvalue weighted by Crippen LogP contribution is -2.48. The molecule has 1 amide bonds. The van der Waals surface area contributed by atoms with Crippen LogP contribution in [0, 0.1) is 0 Å². The molecule has 0 aromatic rings. The van der Waals surface area contributed by atoms with Crippen molar-refractivity contribution in [1.82, 2.24) is 10.2 Å². The van der Waals surface area contributed by atoms with Gasteiger partial charge in [-0.2, -0.15) is 0 Å². The van der Waals surface area contributed by atoms with Crippen LogP contribution < -0.4 is 5.32 Å². The number of carbonyl (C=O) groups is 1. The summed E-state index contributed by atoms with van der Waals surface area (Å²) in [5.41, 5.74) is -0.825. The quantitative estimate of drug-likeness (QED) is 0.754. The molecule has 0 aliphatic carbocycles. The molecule has 1 saturated heterocycles. The van der Waals surface area contributed by atoms with Gasteiger partial charge in [0.25, 0.3) is 5.91 Å². The van der Waals surface area contributed by atoms with Gasteiger partial charge in [-0.05, 0) is 34.6 Å². The van der Waals surface area contributed by atoms with Gasteiger partial charge < -0.3 is 29.5 Å². The summed E-state index contributed by atoms with van der Waals surface area (Å²) in [4.78, 5) is 13.0. The number of nitrogens with one attached hydrogen (secondary N) is 1. The fourth-order valence-corrected chi connectivity index (χ4v) is 2.84. The zero-order valence-electron chi connectivity index (χ0n) is 15.0. The molecule has 2 aliphatic heterocycles. The molecule has 2 N–H and O–H groups in total. The second kappa shape index (κ2) is 7.23. The summed E-state index contributed by atoms with van der Waals surface area (Å²) in [6.07, 6.45) is 0.652. The minimum Gasteiger partial charge on any atom is -0.386 e. The molecule has 1 unspecified atom stereocenters. The molecular formula is C17H28N2O5. The summed E-state index contributed by atoms with van der Waals surface area (Å²) in [5, 5.41) is 13.4. The van der Waals surface area contributed by atoms with Gasteiger partial charge in [0.15, 0.2) is 6.23 Å². The largest absolute Gasteiger partial charge is 0.386 e. The average Bonchev–Trinajstić information content (AvgIpc) is 2.70. The number of aliphatic hydroxyl groups excluding tert-OH is 1. The van der Waals surface area contributed by atoms with E-state index in [1.54, 1.807) is 11.1 Å². The Hall–Kier alpha value is -1.41. The van der Waals surface area contributed by atoms with Gasteiger partial charge in [-0.1, -0.05) is 6.58 Å². The van der Waals surface area contributed by atoms with Gasteiger partial charge in [0, 0.05) is 12.3 Å². The Morgan fingerprint density at radius 2 is 2.08 bits per heavy atom. The van der Waals surface area contributed by atoms with E-state index < -0.39 is 24.0 Å². The number of carbonyl (C=O) groups excluding carboxylic acids is 1. The van der Waals surface area contributed by atoms with Crippen molar-refractivity contribution in [3.05, 3.63) is 24.7 Å². The highest BCUT2D eigenvalue weighted by molar-refractivity contribution is 5.89. The molecule has 0 aromatic carbocycles. The van der Waals surface area contributed by atoms with Gasteiger partial charge in [0.05, 0.1) is 18.8 Å². The van der Waals surface area contributed by atoms with Crippen LogP contribution in [-0.2, 0) is 19.0 Å². The summed E-state index contributed by atoms with van der Waals surface area (Å²) >= 11 is 0. The lowest BCUT2D eigenvalue weighted by molar-refractivity contribution is -0.159. The molecule has 0 bridgehead atoms. The summed E-state index contributed by atoms with van der Waals surface area (Å²) in [5.74, 6) is 0.0912. The molecule has 0 spiro atoms. The van der Waals surface area contributed by atoms with E-state index in [1.807, 2.05) is 34.6 Å². The molecule has 4 atom stereocenters. The van der Waals surface area contributed by atoms with Crippen molar-refractivity contribution in [2.75, 3.05) is 6.61 Å². The maximum Gasteiger partial charge on any atom is 0.250 e. The first-order valence-electron chi connectivity index (χ1n) is 8.23. The van der Waals surface area contributed by atoms with Crippen LogP contribution >= 0.6 is 0 Å². The minimum absolute atomic E-state index is 0.0328. The lowest BCUT2D eigenvalue weighted by atomic mass is 9.97. The highest BCUT2D eigenvalue weighted by atomic mass is 16.6. The first-order chi connectivity index (χ1) is 11.1. The van der Waals surface area contributed by atoms with Crippen LogP contribution in [0.5, 0.6) is 0 Å². The number of ether oxygens (including phenoxy) is 3. The number of hydrogen-bond acceptors (Lipinski definition) is 6. The first kappa shape index (κ1) is 18.9. The highest BCUT2D eigenvalue weighted by Crippen LogP contribution is 2.37. The van der Waals surface area contributed by atoms with Crippen molar-refractivity contribution in [2.24, 2.45) is 0 Å². The summed E-state index contributed by atoms with van der Waals surface area (Å²) in [6.45, 7) is 13.7. The molecule has 2 heterocycles. The van der Waals surface area contributed by atoms with Gasteiger partial charge in [0.1, 0.15) is 23.6 Å². The van der Waals surface area contributed by atoms with E-state index in [1.165, 1.54) is 6.08 Å². The van der Waals surface area contributed by atoms with Crippen molar-refractivity contribution in [3.8, 4) is 0 Å². The number of nitrogens with zero attached hydrogens (tertiary/aromatic N) is 1. The van der Waals surface area contributed by atoms with Crippen LogP contribution in [-0.4, -0.2) is 58.8 Å². The number of aliphatic hydroxyl groups is 1. The van der Waals surface area contributed by atoms with E-state index >= 15 is 0 Å². The molecule has 1 fully saturated rings. The predicted molar refractivity (Wildman–Crippen MR) is 88.6 cm³/mol. The number of amides is 1. The van der Waals surface area contributed by atoms with E-state index in [-0.39, 0.29) is 24.7 Å². The van der Waals surface area contributed by atoms with Crippen molar-refractivity contribution in [2.45, 2.75) is 70.9 Å². The fourth-order valence-electron chi connectivity index (χ4n) is 2.84. The summed E-state index contributed by atoms with van der Waals surface area (Å²) < 4.78 is 17.8. The van der Waals surface area contributed by atoms with Crippen LogP contribution in [0.25, 0.3) is 0 Å². The van der Waals surface area contributed by atoms with Crippen LogP contribution in [0.3, 0.4) is 0 Å². The van der Waals surface area contributed by atoms with E-state index in [0.717, 1.165) is 0 Å². The zero-order chi connectivity index (χ0) is 18.1. The Labute approximate surface area is 143 Å². The summed E-state index contributed by atoms with van der Waals surface area (Å²) in [7, 11) is 0. The number of hydrogen-bond donors (Lipinski definition) is 2. The van der Waals surface area contributed by atoms with E-state index in [2.05, 4.69) is 11.9 Å². The third-order valence-electron chi connectivity index (χ3n) is 3.96. The smallest absolute Gasteiger partial charge is 0.250 e. The monoisotopic (exact) mass is 340 g/mol. The van der Waals surface area contributed by atoms with Gasteiger partial charge in [-0.25, -0.2) is 0 Å². The Kier molecular flexibility index (Phi) is 5.70. The SMILES string of the molecule is C=C1NC(=O)C=CN1[C@@H]1O[C@](C)(COC(C)C)C(OC(C)C)[C@@H]1O. The van der Waals surface area contributed by atoms with Crippen molar-refractivity contribution in [3.63, 3.8) is 0 Å². The van der Waals surface area contributed by atoms with Gasteiger partial charge >= 0.3 is 0 Å². The molecule has 0 saturated carbocycles. The molecule has 0 aromatic heterocycles. The third-order valence-corrected chi connectivity index (χ3v) is 3.96. The van der Waals surface area contributed by atoms with Crippen molar-refractivity contribution < 1.29 is 24.1 Å². The molecule has 2 aliphatic rings. The molecule has 7 nitrogen and oxygen atoms in total. The van der Waals surface area contributed by atoms with Crippen molar-refractivity contribution >= 4 is 5.91 Å². The van der Waals surface area contributed by atoms with E-state index in [0.29, 0.717) is 5.82 Å². The van der Waals surface area contributed by atoms with Crippen molar-refractivity contribution in [1.29, 1.82) is 0 Å². The van der Waals surface area contributed by atoms with Gasteiger partial charge in [0.2, 0.25) is 0 Å². The maximum atomic E-state index is 11.4. The molecule has 24 heavy (non-hydrogen) atoms. The van der Waals surface area contributed by atoms with Crippen LogP contribution in [0.15, 0.2) is 24.7 Å². The lowest BCUT2D eigenvalue weighted by Gasteiger charge is -2.33. The van der Waals surface area contributed by atoms with Gasteiger partial charge in [-0.15, -0.1) is 0 Å². The Bertz CT molecular complexity index is 519. The van der Waals surface area contributed by atoms with E-state index in [4.69, 9.17) is 14.2 Å². The van der Waals surface area contributed by atoms with E-state index in [9.17, 15) is 9.90 Å². The standard InChI is InChI=1S/C17H28N2O5/c1-10(2)22-9-17(6)15(23-11(3)4)14(21)16(24-17)19-8-7-13(20)18-12(19)5/h7-8,10-11,14-16,21H,5,9H2,1-4,6H3,(H,18,20)/t14-,15?,16+,17+/m0/s1. The van der Waals surface area contributed by atoms with Crippen LogP contribution in [0.2, 0.25) is 0 Å². The minimum atomic E-state index is -0.926. The molecule has 7 heteroatoms. The second-order valence-corrected chi connectivity index (χ2v) is 6.94. The Balaban J connectivity index is 2.24. The summed E-state index contributed by atoms with van der Waals surface area (Å²) in [6, 6.07) is 0. The van der Waals surface area contributed by atoms with Crippen LogP contribution in [0.4, 0.5) is 0 Å². The fraction of sp³-hybridized carbons (Fsp3) is 0.706. The Morgan fingerprint density at radius 3 is 2.62 bits per heavy atom. The topological polar surface area (TPSA) is 80.3 Å². The zero-order valence-corrected chi connectivity index (χ0v) is 15.0. The molecular weight excluding hydrogens is 312 g/mol. The normalized spacial score (nSPS) is 33.7. The van der Waals surface area contributed by atoms with Crippen LogP contribution in [0.1, 0.15) is 34.6 Å². The third kappa shape index (κ3) is 3.97. The second-order valence-electron chi connectivity index (χ2n) is 6.94.